The maximum Gasteiger partial charge on any atom is 0.224 e. The number of nitrogens with zero attached hydrogens (tertiary/aromatic N) is 2. The Morgan fingerprint density at radius 1 is 1.26 bits per heavy atom. The van der Waals surface area contributed by atoms with Crippen LogP contribution in [0.2, 0.25) is 5.02 Å². The van der Waals surface area contributed by atoms with Crippen molar-refractivity contribution in [2.45, 2.75) is 25.4 Å². The third-order valence-corrected chi connectivity index (χ3v) is 4.01. The summed E-state index contributed by atoms with van der Waals surface area (Å²) < 4.78 is 5.58. The van der Waals surface area contributed by atoms with Crippen LogP contribution in [0.25, 0.3) is 0 Å². The lowest BCUT2D eigenvalue weighted by molar-refractivity contribution is 0.120. The molecule has 0 bridgehead atoms. The molecule has 1 aliphatic heterocycles. The zero-order chi connectivity index (χ0) is 15.9. The number of hydrogen-bond donors (Lipinski definition) is 2. The molecule has 1 fully saturated rings. The van der Waals surface area contributed by atoms with Crippen molar-refractivity contribution >= 4 is 23.4 Å². The molecule has 6 heteroatoms. The van der Waals surface area contributed by atoms with Gasteiger partial charge < -0.3 is 15.4 Å². The van der Waals surface area contributed by atoms with E-state index in [1.807, 2.05) is 24.3 Å². The fourth-order valence-electron chi connectivity index (χ4n) is 2.58. The Bertz CT molecular complexity index is 631. The number of benzene rings is 1. The van der Waals surface area contributed by atoms with E-state index in [1.54, 1.807) is 6.20 Å². The molecule has 2 aromatic rings. The first-order chi connectivity index (χ1) is 11.3. The molecule has 1 saturated heterocycles. The van der Waals surface area contributed by atoms with Gasteiger partial charge in [0.1, 0.15) is 5.82 Å². The Morgan fingerprint density at radius 3 is 3.04 bits per heavy atom. The topological polar surface area (TPSA) is 59.1 Å². The van der Waals surface area contributed by atoms with Crippen LogP contribution in [0.5, 0.6) is 0 Å². The fraction of sp³-hybridized carbons (Fsp3) is 0.412. The lowest BCUT2D eigenvalue weighted by atomic mass is 10.1. The molecule has 1 aromatic heterocycles. The van der Waals surface area contributed by atoms with Crippen molar-refractivity contribution in [3.8, 4) is 0 Å². The fourth-order valence-corrected chi connectivity index (χ4v) is 2.79. The van der Waals surface area contributed by atoms with E-state index in [4.69, 9.17) is 16.3 Å². The van der Waals surface area contributed by atoms with Gasteiger partial charge in [-0.3, -0.25) is 0 Å². The van der Waals surface area contributed by atoms with Crippen molar-refractivity contribution in [2.75, 3.05) is 30.3 Å². The molecule has 1 aromatic carbocycles. The van der Waals surface area contributed by atoms with E-state index in [9.17, 15) is 0 Å². The van der Waals surface area contributed by atoms with Crippen LogP contribution in [0.15, 0.2) is 36.5 Å². The van der Waals surface area contributed by atoms with Crippen molar-refractivity contribution in [3.05, 3.63) is 47.1 Å². The maximum absolute atomic E-state index is 5.99. The van der Waals surface area contributed by atoms with Gasteiger partial charge in [-0.2, -0.15) is 4.98 Å². The predicted octanol–water partition coefficient (Wildman–Crippen LogP) is 3.38. The monoisotopic (exact) mass is 332 g/mol. The smallest absolute Gasteiger partial charge is 0.224 e. The molecule has 0 amide bonds. The zero-order valence-corrected chi connectivity index (χ0v) is 13.7. The number of aromatic nitrogens is 2. The molecule has 2 heterocycles. The summed E-state index contributed by atoms with van der Waals surface area (Å²) in [4.78, 5) is 8.71. The van der Waals surface area contributed by atoms with Crippen LogP contribution >= 0.6 is 11.6 Å². The molecule has 0 saturated carbocycles. The lowest BCUT2D eigenvalue weighted by Crippen LogP contribution is -2.19. The van der Waals surface area contributed by atoms with Crippen LogP contribution in [0.3, 0.4) is 0 Å². The summed E-state index contributed by atoms with van der Waals surface area (Å²) in [5, 5.41) is 7.32. The van der Waals surface area contributed by atoms with E-state index in [2.05, 4.69) is 26.7 Å². The summed E-state index contributed by atoms with van der Waals surface area (Å²) in [7, 11) is 0. The Balaban J connectivity index is 1.47. The van der Waals surface area contributed by atoms with Gasteiger partial charge in [0.2, 0.25) is 5.95 Å². The maximum atomic E-state index is 5.99. The van der Waals surface area contributed by atoms with Crippen LogP contribution in [0.4, 0.5) is 11.8 Å². The number of nitrogens with one attached hydrogen (secondary N) is 2. The number of anilines is 2. The van der Waals surface area contributed by atoms with Gasteiger partial charge >= 0.3 is 0 Å². The predicted molar refractivity (Wildman–Crippen MR) is 93.1 cm³/mol. The molecule has 2 N–H and O–H groups in total. The molecule has 122 valence electrons. The van der Waals surface area contributed by atoms with Crippen LogP contribution in [0, 0.1) is 0 Å². The van der Waals surface area contributed by atoms with Gasteiger partial charge in [0.25, 0.3) is 0 Å². The Hall–Kier alpha value is -1.85. The highest BCUT2D eigenvalue weighted by atomic mass is 35.5. The van der Waals surface area contributed by atoms with E-state index in [-0.39, 0.29) is 6.10 Å². The zero-order valence-electron chi connectivity index (χ0n) is 13.0. The van der Waals surface area contributed by atoms with Crippen molar-refractivity contribution in [2.24, 2.45) is 0 Å². The summed E-state index contributed by atoms with van der Waals surface area (Å²) in [6, 6.07) is 9.78. The Labute approximate surface area is 141 Å². The molecule has 3 rings (SSSR count). The summed E-state index contributed by atoms with van der Waals surface area (Å²) >= 11 is 5.99. The van der Waals surface area contributed by atoms with Crippen LogP contribution in [-0.4, -0.2) is 35.8 Å². The molecule has 0 radical (unpaired) electrons. The van der Waals surface area contributed by atoms with Gasteiger partial charge in [0, 0.05) is 30.9 Å². The molecule has 23 heavy (non-hydrogen) atoms. The molecule has 1 atom stereocenters. The molecule has 1 aliphatic rings. The first kappa shape index (κ1) is 16.0. The minimum atomic E-state index is 0.276. The first-order valence-corrected chi connectivity index (χ1v) is 8.34. The van der Waals surface area contributed by atoms with Gasteiger partial charge in [-0.05, 0) is 43.0 Å². The normalized spacial score (nSPS) is 17.2. The third-order valence-electron chi connectivity index (χ3n) is 3.78. The van der Waals surface area contributed by atoms with E-state index in [1.165, 1.54) is 5.56 Å². The average Bonchev–Trinajstić information content (AvgIpc) is 3.07. The van der Waals surface area contributed by atoms with Crippen molar-refractivity contribution < 1.29 is 4.74 Å². The van der Waals surface area contributed by atoms with Gasteiger partial charge in [0.05, 0.1) is 6.10 Å². The average molecular weight is 333 g/mol. The number of hydrogen-bond acceptors (Lipinski definition) is 5. The second-order valence-electron chi connectivity index (χ2n) is 5.59. The minimum absolute atomic E-state index is 0.276. The van der Waals surface area contributed by atoms with E-state index < -0.39 is 0 Å². The highest BCUT2D eigenvalue weighted by Gasteiger charge is 2.15. The SMILES string of the molecule is Clc1cccc(CCNc2ccnc(NCC3CCCO3)n2)c1. The molecule has 5 nitrogen and oxygen atoms in total. The highest BCUT2D eigenvalue weighted by Crippen LogP contribution is 2.14. The lowest BCUT2D eigenvalue weighted by Gasteiger charge is -2.11. The van der Waals surface area contributed by atoms with E-state index in [0.29, 0.717) is 5.95 Å². The number of ether oxygens (including phenoxy) is 1. The Morgan fingerprint density at radius 2 is 2.22 bits per heavy atom. The molecule has 1 unspecified atom stereocenters. The van der Waals surface area contributed by atoms with Crippen molar-refractivity contribution in [3.63, 3.8) is 0 Å². The number of rotatable bonds is 7. The molecular formula is C17H21ClN4O. The third kappa shape index (κ3) is 5.08. The summed E-state index contributed by atoms with van der Waals surface area (Å²) in [5.41, 5.74) is 1.20. The summed E-state index contributed by atoms with van der Waals surface area (Å²) in [5.74, 6) is 1.45. The molecule has 0 spiro atoms. The largest absolute Gasteiger partial charge is 0.376 e. The number of halogens is 1. The van der Waals surface area contributed by atoms with E-state index in [0.717, 1.165) is 49.8 Å². The second kappa shape index (κ2) is 8.13. The van der Waals surface area contributed by atoms with Gasteiger partial charge in [-0.15, -0.1) is 0 Å². The van der Waals surface area contributed by atoms with Gasteiger partial charge in [-0.1, -0.05) is 23.7 Å². The van der Waals surface area contributed by atoms with Crippen molar-refractivity contribution in [1.82, 2.24) is 9.97 Å². The van der Waals surface area contributed by atoms with Crippen LogP contribution in [0.1, 0.15) is 18.4 Å². The van der Waals surface area contributed by atoms with Crippen molar-refractivity contribution in [1.29, 1.82) is 0 Å². The van der Waals surface area contributed by atoms with E-state index >= 15 is 0 Å². The molecular weight excluding hydrogens is 312 g/mol. The highest BCUT2D eigenvalue weighted by molar-refractivity contribution is 6.30. The quantitative estimate of drug-likeness (QED) is 0.814. The Kier molecular flexibility index (Phi) is 5.66. The standard InChI is InChI=1S/C17H21ClN4O/c18-14-4-1-3-13(11-14)6-8-19-16-7-9-20-17(22-16)21-12-15-5-2-10-23-15/h1,3-4,7,9,11,15H,2,5-6,8,10,12H2,(H2,19,20,21,22). The second-order valence-corrected chi connectivity index (χ2v) is 6.02. The van der Waals surface area contributed by atoms with Gasteiger partial charge in [-0.25, -0.2) is 4.98 Å². The van der Waals surface area contributed by atoms with Crippen LogP contribution in [-0.2, 0) is 11.2 Å². The summed E-state index contributed by atoms with van der Waals surface area (Å²) in [6.07, 6.45) is 5.16. The van der Waals surface area contributed by atoms with Crippen LogP contribution < -0.4 is 10.6 Å². The first-order valence-electron chi connectivity index (χ1n) is 7.96. The minimum Gasteiger partial charge on any atom is -0.376 e. The summed E-state index contributed by atoms with van der Waals surface area (Å²) in [6.45, 7) is 2.41. The molecule has 0 aliphatic carbocycles. The van der Waals surface area contributed by atoms with Gasteiger partial charge in [0.15, 0.2) is 0 Å².